The van der Waals surface area contributed by atoms with Crippen LogP contribution in [-0.4, -0.2) is 24.5 Å². The molecule has 1 N–H and O–H groups in total. The highest BCUT2D eigenvalue weighted by Gasteiger charge is 2.39. The second-order valence-corrected chi connectivity index (χ2v) is 9.26. The lowest BCUT2D eigenvalue weighted by Crippen LogP contribution is -2.45. The molecule has 0 bridgehead atoms. The van der Waals surface area contributed by atoms with Crippen LogP contribution in [0, 0.1) is 11.8 Å². The van der Waals surface area contributed by atoms with Gasteiger partial charge < -0.3 is 15.0 Å². The summed E-state index contributed by atoms with van der Waals surface area (Å²) in [5, 5.41) is 3.10. The van der Waals surface area contributed by atoms with E-state index in [1.54, 1.807) is 0 Å². The van der Waals surface area contributed by atoms with Gasteiger partial charge in [-0.05, 0) is 55.9 Å². The van der Waals surface area contributed by atoms with Gasteiger partial charge in [0.1, 0.15) is 0 Å². The van der Waals surface area contributed by atoms with Gasteiger partial charge in [0, 0.05) is 24.7 Å². The van der Waals surface area contributed by atoms with Crippen LogP contribution in [0.15, 0.2) is 48.5 Å². The van der Waals surface area contributed by atoms with Gasteiger partial charge in [-0.1, -0.05) is 55.3 Å². The Balaban J connectivity index is 1.39. The molecule has 4 rings (SSSR count). The lowest BCUT2D eigenvalue weighted by molar-refractivity contribution is -0.135. The number of hydrogen-bond donors (Lipinski definition) is 1. The molecule has 5 nitrogen and oxygen atoms in total. The van der Waals surface area contributed by atoms with Gasteiger partial charge in [-0.3, -0.25) is 9.59 Å². The fraction of sp³-hybridized carbons (Fsp3) is 0.481. The molecular weight excluding hydrogens is 400 g/mol. The van der Waals surface area contributed by atoms with Gasteiger partial charge in [0.25, 0.3) is 0 Å². The molecule has 170 valence electrons. The number of rotatable bonds is 7. The Morgan fingerprint density at radius 3 is 2.59 bits per heavy atom. The molecule has 2 aliphatic rings. The van der Waals surface area contributed by atoms with Crippen LogP contribution in [0.2, 0.25) is 0 Å². The van der Waals surface area contributed by atoms with Crippen molar-refractivity contribution in [1.82, 2.24) is 5.32 Å². The fourth-order valence-corrected chi connectivity index (χ4v) is 4.92. The zero-order valence-corrected chi connectivity index (χ0v) is 19.2. The molecule has 2 amide bonds. The number of hydrogen-bond acceptors (Lipinski definition) is 3. The number of amides is 2. The quantitative estimate of drug-likeness (QED) is 0.692. The van der Waals surface area contributed by atoms with E-state index >= 15 is 0 Å². The normalized spacial score (nSPS) is 20.3. The third-order valence-corrected chi connectivity index (χ3v) is 6.61. The van der Waals surface area contributed by atoms with Gasteiger partial charge >= 0.3 is 0 Å². The number of para-hydroxylation sites is 1. The lowest BCUT2D eigenvalue weighted by Gasteiger charge is -2.32. The Labute approximate surface area is 191 Å². The van der Waals surface area contributed by atoms with Crippen LogP contribution in [0.3, 0.4) is 0 Å². The molecule has 0 saturated heterocycles. The van der Waals surface area contributed by atoms with Crippen LogP contribution < -0.4 is 10.2 Å². The molecule has 1 saturated carbocycles. The maximum atomic E-state index is 13.5. The average Bonchev–Trinajstić information content (AvgIpc) is 3.25. The lowest BCUT2D eigenvalue weighted by atomic mass is 9.77. The van der Waals surface area contributed by atoms with Gasteiger partial charge in [-0.15, -0.1) is 0 Å². The van der Waals surface area contributed by atoms with Crippen LogP contribution in [0.1, 0.15) is 56.2 Å². The summed E-state index contributed by atoms with van der Waals surface area (Å²) < 4.78 is 5.69. The summed E-state index contributed by atoms with van der Waals surface area (Å²) in [6.07, 6.45) is 4.65. The van der Waals surface area contributed by atoms with Crippen LogP contribution in [0.4, 0.5) is 5.69 Å². The highest BCUT2D eigenvalue weighted by molar-refractivity contribution is 5.99. The second kappa shape index (κ2) is 10.3. The zero-order chi connectivity index (χ0) is 22.5. The Morgan fingerprint density at radius 2 is 1.78 bits per heavy atom. The number of benzene rings is 2. The van der Waals surface area contributed by atoms with Gasteiger partial charge in [0.05, 0.1) is 18.6 Å². The molecule has 0 aromatic heterocycles. The first kappa shape index (κ1) is 22.5. The number of carbonyl (C=O) groups is 2. The number of nitrogens with one attached hydrogen (secondary N) is 1. The van der Waals surface area contributed by atoms with E-state index in [1.165, 1.54) is 5.56 Å². The minimum absolute atomic E-state index is 0.000587. The van der Waals surface area contributed by atoms with Gasteiger partial charge in [0.2, 0.25) is 11.8 Å². The summed E-state index contributed by atoms with van der Waals surface area (Å²) in [7, 11) is 0. The molecule has 2 aromatic rings. The van der Waals surface area contributed by atoms with E-state index < -0.39 is 0 Å². The van der Waals surface area contributed by atoms with Crippen LogP contribution in [-0.2, 0) is 33.9 Å². The van der Waals surface area contributed by atoms with Crippen molar-refractivity contribution in [3.8, 4) is 0 Å². The molecule has 2 atom stereocenters. The summed E-state index contributed by atoms with van der Waals surface area (Å²) in [5.41, 5.74) is 4.39. The Kier molecular flexibility index (Phi) is 7.26. The van der Waals surface area contributed by atoms with E-state index in [9.17, 15) is 9.59 Å². The highest BCUT2D eigenvalue weighted by atomic mass is 16.5. The molecule has 0 radical (unpaired) electrons. The number of carbonyl (C=O) groups excluding carboxylic acids is 2. The van der Waals surface area contributed by atoms with Crippen molar-refractivity contribution in [2.45, 2.75) is 65.2 Å². The van der Waals surface area contributed by atoms with Gasteiger partial charge in [-0.25, -0.2) is 0 Å². The molecule has 32 heavy (non-hydrogen) atoms. The van der Waals surface area contributed by atoms with Crippen molar-refractivity contribution in [1.29, 1.82) is 0 Å². The maximum Gasteiger partial charge on any atom is 0.230 e. The van der Waals surface area contributed by atoms with E-state index in [0.717, 1.165) is 48.9 Å². The van der Waals surface area contributed by atoms with E-state index in [4.69, 9.17) is 4.74 Å². The topological polar surface area (TPSA) is 58.6 Å². The van der Waals surface area contributed by atoms with Gasteiger partial charge in [-0.2, -0.15) is 0 Å². The molecule has 0 spiro atoms. The fourth-order valence-electron chi connectivity index (χ4n) is 4.92. The second-order valence-electron chi connectivity index (χ2n) is 9.26. The molecule has 1 heterocycles. The smallest absolute Gasteiger partial charge is 0.230 e. The minimum Gasteiger partial charge on any atom is -0.374 e. The average molecular weight is 435 g/mol. The number of ether oxygens (including phenoxy) is 1. The Bertz CT molecular complexity index is 955. The summed E-state index contributed by atoms with van der Waals surface area (Å²) in [5.74, 6) is -0.376. The monoisotopic (exact) mass is 434 g/mol. The molecule has 2 aromatic carbocycles. The van der Waals surface area contributed by atoms with Crippen LogP contribution in [0.25, 0.3) is 0 Å². The largest absolute Gasteiger partial charge is 0.374 e. The summed E-state index contributed by atoms with van der Waals surface area (Å²) >= 11 is 0. The highest BCUT2D eigenvalue weighted by Crippen LogP contribution is 2.36. The molecular formula is C27H34N2O3. The van der Waals surface area contributed by atoms with E-state index in [2.05, 4.69) is 17.4 Å². The summed E-state index contributed by atoms with van der Waals surface area (Å²) in [6, 6.07) is 16.2. The Morgan fingerprint density at radius 1 is 1.03 bits per heavy atom. The van der Waals surface area contributed by atoms with Crippen LogP contribution in [0.5, 0.6) is 0 Å². The molecule has 1 aliphatic carbocycles. The van der Waals surface area contributed by atoms with Crippen molar-refractivity contribution in [3.05, 3.63) is 65.2 Å². The summed E-state index contributed by atoms with van der Waals surface area (Å²) in [4.78, 5) is 28.5. The number of fused-ring (bicyclic) bond motifs is 1. The van der Waals surface area contributed by atoms with Crippen molar-refractivity contribution in [3.63, 3.8) is 0 Å². The minimum atomic E-state index is -0.253. The predicted octanol–water partition coefficient (Wildman–Crippen LogP) is 4.62. The third-order valence-electron chi connectivity index (χ3n) is 6.61. The van der Waals surface area contributed by atoms with E-state index in [-0.39, 0.29) is 29.8 Å². The third kappa shape index (κ3) is 5.21. The van der Waals surface area contributed by atoms with E-state index in [0.29, 0.717) is 19.7 Å². The predicted molar refractivity (Wildman–Crippen MR) is 126 cm³/mol. The van der Waals surface area contributed by atoms with Crippen molar-refractivity contribution in [2.24, 2.45) is 11.8 Å². The summed E-state index contributed by atoms with van der Waals surface area (Å²) in [6.45, 7) is 5.79. The first-order chi connectivity index (χ1) is 15.5. The van der Waals surface area contributed by atoms with Crippen LogP contribution >= 0.6 is 0 Å². The molecule has 5 heteroatoms. The SMILES string of the molecule is CC(C)OCc1cccc(CNC(=O)C2CCCCC2C(=O)N2CCc3ccccc32)c1. The first-order valence-corrected chi connectivity index (χ1v) is 11.9. The number of nitrogens with zero attached hydrogens (tertiary/aromatic N) is 1. The van der Waals surface area contributed by atoms with Crippen molar-refractivity contribution < 1.29 is 14.3 Å². The maximum absolute atomic E-state index is 13.5. The van der Waals surface area contributed by atoms with Gasteiger partial charge in [0.15, 0.2) is 0 Å². The standard InChI is InChI=1S/C27H34N2O3/c1-19(2)32-18-21-9-7-8-20(16-21)17-28-26(30)23-11-4-5-12-24(23)27(31)29-15-14-22-10-3-6-13-25(22)29/h3,6-10,13,16,19,23-24H,4-5,11-12,14-15,17-18H2,1-2H3,(H,28,30). The molecule has 2 unspecified atom stereocenters. The van der Waals surface area contributed by atoms with Crippen molar-refractivity contribution >= 4 is 17.5 Å². The Hall–Kier alpha value is -2.66. The van der Waals surface area contributed by atoms with E-state index in [1.807, 2.05) is 55.1 Å². The zero-order valence-electron chi connectivity index (χ0n) is 19.2. The first-order valence-electron chi connectivity index (χ1n) is 11.9. The van der Waals surface area contributed by atoms with Crippen molar-refractivity contribution in [2.75, 3.05) is 11.4 Å². The molecule has 1 aliphatic heterocycles. The molecule has 1 fully saturated rings. The number of anilines is 1.